The molecule has 9 heteroatoms. The van der Waals surface area contributed by atoms with Crippen LogP contribution in [-0.4, -0.2) is 68.5 Å². The SMILES string of the molecule is CCCCC/C=C\CCCCCCCC(=O)NC(COP(=O)([O-])OCC[N+](C)(C)C)C(O)/C=C/CC/C=C/CCCCCCCCCCCCCCCC. The first-order valence-electron chi connectivity index (χ1n) is 22.4. The topological polar surface area (TPSA) is 108 Å². The summed E-state index contributed by atoms with van der Waals surface area (Å²) in [5, 5.41) is 13.7. The number of unbranched alkanes of at least 4 members (excludes halogenated alkanes) is 23. The molecular formula is C45H87N2O6P. The molecule has 3 unspecified atom stereocenters. The molecule has 0 aliphatic heterocycles. The average Bonchev–Trinajstić information content (AvgIpc) is 3.12. The summed E-state index contributed by atoms with van der Waals surface area (Å²) in [5.74, 6) is -0.218. The minimum atomic E-state index is -4.59. The van der Waals surface area contributed by atoms with Crippen molar-refractivity contribution < 1.29 is 32.9 Å². The first-order valence-corrected chi connectivity index (χ1v) is 23.8. The van der Waals surface area contributed by atoms with Crippen molar-refractivity contribution >= 4 is 13.7 Å². The lowest BCUT2D eigenvalue weighted by atomic mass is 10.0. The lowest BCUT2D eigenvalue weighted by Gasteiger charge is -2.29. The number of likely N-dealkylation sites (N-methyl/N-ethyl adjacent to an activating group) is 1. The van der Waals surface area contributed by atoms with Crippen LogP contribution >= 0.6 is 7.82 Å². The first-order chi connectivity index (χ1) is 26.0. The summed E-state index contributed by atoms with van der Waals surface area (Å²) in [6.07, 6.45) is 44.8. The highest BCUT2D eigenvalue weighted by molar-refractivity contribution is 7.45. The minimum Gasteiger partial charge on any atom is -0.756 e. The fourth-order valence-corrected chi connectivity index (χ4v) is 6.94. The Bertz CT molecular complexity index is 980. The molecule has 0 aliphatic rings. The van der Waals surface area contributed by atoms with Crippen LogP contribution in [0.1, 0.15) is 194 Å². The Morgan fingerprint density at radius 1 is 0.630 bits per heavy atom. The van der Waals surface area contributed by atoms with Gasteiger partial charge in [0.1, 0.15) is 13.2 Å². The molecule has 1 amide bonds. The summed E-state index contributed by atoms with van der Waals surface area (Å²) < 4.78 is 23.1. The third kappa shape index (κ3) is 39.0. The fourth-order valence-electron chi connectivity index (χ4n) is 6.22. The molecule has 0 heterocycles. The van der Waals surface area contributed by atoms with Crippen molar-refractivity contribution in [2.45, 2.75) is 206 Å². The van der Waals surface area contributed by atoms with Crippen LogP contribution in [0.5, 0.6) is 0 Å². The number of rotatable bonds is 40. The monoisotopic (exact) mass is 783 g/mol. The third-order valence-corrected chi connectivity index (χ3v) is 10.8. The Hall–Kier alpha value is -1.28. The van der Waals surface area contributed by atoms with Crippen molar-refractivity contribution in [2.24, 2.45) is 0 Å². The summed E-state index contributed by atoms with van der Waals surface area (Å²) in [7, 11) is 1.24. The van der Waals surface area contributed by atoms with E-state index in [1.54, 1.807) is 6.08 Å². The Morgan fingerprint density at radius 2 is 1.04 bits per heavy atom. The van der Waals surface area contributed by atoms with Crippen molar-refractivity contribution in [1.29, 1.82) is 0 Å². The Balaban J connectivity index is 4.45. The number of carbonyl (C=O) groups is 1. The molecule has 0 aromatic rings. The van der Waals surface area contributed by atoms with Gasteiger partial charge in [0.2, 0.25) is 5.91 Å². The van der Waals surface area contributed by atoms with E-state index in [2.05, 4.69) is 43.5 Å². The van der Waals surface area contributed by atoms with Gasteiger partial charge in [-0.15, -0.1) is 0 Å². The van der Waals surface area contributed by atoms with Crippen LogP contribution < -0.4 is 10.2 Å². The molecule has 0 aromatic carbocycles. The van der Waals surface area contributed by atoms with E-state index in [1.165, 1.54) is 116 Å². The molecule has 0 spiro atoms. The second kappa shape index (κ2) is 37.3. The van der Waals surface area contributed by atoms with Crippen molar-refractivity contribution in [1.82, 2.24) is 5.32 Å². The molecule has 318 valence electrons. The predicted molar refractivity (Wildman–Crippen MR) is 228 cm³/mol. The van der Waals surface area contributed by atoms with E-state index >= 15 is 0 Å². The maximum Gasteiger partial charge on any atom is 0.268 e. The van der Waals surface area contributed by atoms with Crippen molar-refractivity contribution in [3.8, 4) is 0 Å². The molecule has 0 fully saturated rings. The number of phosphoric acid groups is 1. The first kappa shape index (κ1) is 52.7. The van der Waals surface area contributed by atoms with Crippen molar-refractivity contribution in [3.63, 3.8) is 0 Å². The highest BCUT2D eigenvalue weighted by atomic mass is 31.2. The third-order valence-electron chi connectivity index (χ3n) is 9.82. The van der Waals surface area contributed by atoms with Gasteiger partial charge < -0.3 is 28.8 Å². The summed E-state index contributed by atoms with van der Waals surface area (Å²) in [5.41, 5.74) is 0. The van der Waals surface area contributed by atoms with Gasteiger partial charge in [-0.2, -0.15) is 0 Å². The van der Waals surface area contributed by atoms with Gasteiger partial charge in [0.25, 0.3) is 7.82 Å². The van der Waals surface area contributed by atoms with E-state index in [-0.39, 0.29) is 12.5 Å². The zero-order valence-electron chi connectivity index (χ0n) is 35.9. The maximum absolute atomic E-state index is 12.8. The second-order valence-corrected chi connectivity index (χ2v) is 17.8. The van der Waals surface area contributed by atoms with Crippen LogP contribution in [0.2, 0.25) is 0 Å². The molecule has 0 aliphatic carbocycles. The number of quaternary nitrogens is 1. The maximum atomic E-state index is 12.8. The molecule has 54 heavy (non-hydrogen) atoms. The number of aliphatic hydroxyl groups excluding tert-OH is 1. The van der Waals surface area contributed by atoms with Crippen molar-refractivity contribution in [2.75, 3.05) is 40.9 Å². The number of nitrogens with one attached hydrogen (secondary N) is 1. The number of allylic oxidation sites excluding steroid dienone is 5. The van der Waals surface area contributed by atoms with Crippen LogP contribution in [-0.2, 0) is 18.4 Å². The standard InChI is InChI=1S/C45H87N2O6P/c1-6-8-10-12-14-16-18-20-21-22-23-24-25-26-27-28-30-32-34-36-38-44(48)43(42-53-54(50,51)52-41-40-47(3,4)5)46-45(49)39-37-35-33-31-29-19-17-15-13-11-9-7-2/h15,17,28,30,36,38,43-44,48H,6-14,16,18-27,29,31-35,37,39-42H2,1-5H3,(H-,46,49,50,51)/b17-15-,30-28+,38-36+. The van der Waals surface area contributed by atoms with Crippen LogP contribution in [0.4, 0.5) is 0 Å². The van der Waals surface area contributed by atoms with E-state index in [9.17, 15) is 19.4 Å². The Labute approximate surface area is 334 Å². The average molecular weight is 783 g/mol. The number of phosphoric ester groups is 1. The largest absolute Gasteiger partial charge is 0.756 e. The van der Waals surface area contributed by atoms with E-state index in [0.29, 0.717) is 17.4 Å². The van der Waals surface area contributed by atoms with Crippen LogP contribution in [0, 0.1) is 0 Å². The Kier molecular flexibility index (Phi) is 36.4. The Morgan fingerprint density at radius 3 is 1.54 bits per heavy atom. The number of nitrogens with zero attached hydrogens (tertiary/aromatic N) is 1. The summed E-state index contributed by atoms with van der Waals surface area (Å²) in [4.78, 5) is 25.2. The summed E-state index contributed by atoms with van der Waals surface area (Å²) in [6.45, 7) is 4.59. The number of hydrogen-bond donors (Lipinski definition) is 2. The minimum absolute atomic E-state index is 0.00801. The lowest BCUT2D eigenvalue weighted by molar-refractivity contribution is -0.870. The van der Waals surface area contributed by atoms with Gasteiger partial charge in [0.15, 0.2) is 0 Å². The molecule has 0 saturated heterocycles. The predicted octanol–water partition coefficient (Wildman–Crippen LogP) is 11.7. The van der Waals surface area contributed by atoms with Gasteiger partial charge in [-0.25, -0.2) is 0 Å². The molecule has 0 saturated carbocycles. The quantitative estimate of drug-likeness (QED) is 0.0277. The van der Waals surface area contributed by atoms with Crippen LogP contribution in [0.25, 0.3) is 0 Å². The molecule has 2 N–H and O–H groups in total. The zero-order valence-corrected chi connectivity index (χ0v) is 36.8. The molecule has 0 radical (unpaired) electrons. The van der Waals surface area contributed by atoms with Gasteiger partial charge in [0.05, 0.1) is 39.9 Å². The molecule has 3 atom stereocenters. The smallest absolute Gasteiger partial charge is 0.268 e. The van der Waals surface area contributed by atoms with Gasteiger partial charge >= 0.3 is 0 Å². The normalized spacial score (nSPS) is 14.7. The zero-order chi connectivity index (χ0) is 40.0. The molecular weight excluding hydrogens is 695 g/mol. The van der Waals surface area contributed by atoms with Gasteiger partial charge in [-0.05, 0) is 57.8 Å². The van der Waals surface area contributed by atoms with E-state index in [1.807, 2.05) is 27.2 Å². The lowest BCUT2D eigenvalue weighted by Crippen LogP contribution is -2.45. The highest BCUT2D eigenvalue weighted by Gasteiger charge is 2.23. The van der Waals surface area contributed by atoms with E-state index < -0.39 is 26.6 Å². The number of amides is 1. The summed E-state index contributed by atoms with van der Waals surface area (Å²) in [6, 6.07) is -0.905. The fraction of sp³-hybridized carbons (Fsp3) is 0.844. The molecule has 8 nitrogen and oxygen atoms in total. The van der Waals surface area contributed by atoms with E-state index in [0.717, 1.165) is 57.8 Å². The van der Waals surface area contributed by atoms with Gasteiger partial charge in [-0.3, -0.25) is 9.36 Å². The number of hydrogen-bond acceptors (Lipinski definition) is 6. The molecule has 0 rings (SSSR count). The van der Waals surface area contributed by atoms with Crippen LogP contribution in [0.15, 0.2) is 36.5 Å². The molecule has 0 aromatic heterocycles. The van der Waals surface area contributed by atoms with Gasteiger partial charge in [-0.1, -0.05) is 166 Å². The van der Waals surface area contributed by atoms with E-state index in [4.69, 9.17) is 9.05 Å². The molecule has 0 bridgehead atoms. The highest BCUT2D eigenvalue weighted by Crippen LogP contribution is 2.38. The number of carbonyl (C=O) groups excluding carboxylic acids is 1. The number of aliphatic hydroxyl groups is 1. The van der Waals surface area contributed by atoms with Crippen molar-refractivity contribution in [3.05, 3.63) is 36.5 Å². The summed E-state index contributed by atoms with van der Waals surface area (Å²) >= 11 is 0. The van der Waals surface area contributed by atoms with Crippen LogP contribution in [0.3, 0.4) is 0 Å². The second-order valence-electron chi connectivity index (χ2n) is 16.4. The van der Waals surface area contributed by atoms with Gasteiger partial charge in [0, 0.05) is 6.42 Å².